The zero-order valence-electron chi connectivity index (χ0n) is 16.6. The molecule has 4 rings (SSSR count). The average Bonchev–Trinajstić information content (AvgIpc) is 2.77. The monoisotopic (exact) mass is 421 g/mol. The first-order valence-corrected chi connectivity index (χ1v) is 10.3. The van der Waals surface area contributed by atoms with Gasteiger partial charge in [0.2, 0.25) is 0 Å². The van der Waals surface area contributed by atoms with Crippen LogP contribution in [0.4, 0.5) is 11.4 Å². The fourth-order valence-corrected chi connectivity index (χ4v) is 3.59. The van der Waals surface area contributed by atoms with Crippen molar-refractivity contribution in [3.8, 4) is 11.1 Å². The van der Waals surface area contributed by atoms with Crippen LogP contribution in [0.5, 0.6) is 0 Å². The van der Waals surface area contributed by atoms with Crippen molar-refractivity contribution in [3.05, 3.63) is 82.9 Å². The lowest BCUT2D eigenvalue weighted by molar-refractivity contribution is 0.0342. The summed E-state index contributed by atoms with van der Waals surface area (Å²) in [4.78, 5) is 15.1. The average molecular weight is 422 g/mol. The first-order chi connectivity index (χ1) is 14.6. The second-order valence-electron chi connectivity index (χ2n) is 7.35. The largest absolute Gasteiger partial charge is 0.397 e. The number of ether oxygens (including phenoxy) is 1. The smallest absolute Gasteiger partial charge is 0.255 e. The third-order valence-electron chi connectivity index (χ3n) is 5.21. The molecule has 3 N–H and O–H groups in total. The molecule has 0 spiro atoms. The van der Waals surface area contributed by atoms with Gasteiger partial charge in [0.25, 0.3) is 5.91 Å². The molecule has 154 valence electrons. The van der Waals surface area contributed by atoms with Gasteiger partial charge < -0.3 is 15.8 Å². The van der Waals surface area contributed by atoms with E-state index in [2.05, 4.69) is 10.2 Å². The van der Waals surface area contributed by atoms with Gasteiger partial charge in [-0.3, -0.25) is 9.69 Å². The Morgan fingerprint density at radius 1 is 0.967 bits per heavy atom. The number of nitrogens with zero attached hydrogens (tertiary/aromatic N) is 1. The maximum atomic E-state index is 12.7. The van der Waals surface area contributed by atoms with E-state index in [-0.39, 0.29) is 5.91 Å². The molecule has 0 radical (unpaired) electrons. The number of nitrogen functional groups attached to an aromatic ring is 1. The van der Waals surface area contributed by atoms with E-state index >= 15 is 0 Å². The van der Waals surface area contributed by atoms with E-state index in [9.17, 15) is 4.79 Å². The third kappa shape index (κ3) is 5.00. The number of amides is 1. The quantitative estimate of drug-likeness (QED) is 0.587. The summed E-state index contributed by atoms with van der Waals surface area (Å²) < 4.78 is 5.39. The number of nitrogens with two attached hydrogens (primary N) is 1. The number of carbonyl (C=O) groups excluding carboxylic acids is 1. The number of nitrogens with one attached hydrogen (secondary N) is 1. The highest BCUT2D eigenvalue weighted by Gasteiger charge is 2.13. The fraction of sp³-hybridized carbons (Fsp3) is 0.208. The highest BCUT2D eigenvalue weighted by molar-refractivity contribution is 6.30. The van der Waals surface area contributed by atoms with Gasteiger partial charge in [-0.1, -0.05) is 41.9 Å². The van der Waals surface area contributed by atoms with Gasteiger partial charge in [-0.25, -0.2) is 0 Å². The fourth-order valence-electron chi connectivity index (χ4n) is 3.46. The Balaban J connectivity index is 1.45. The van der Waals surface area contributed by atoms with E-state index in [0.29, 0.717) is 22.0 Å². The van der Waals surface area contributed by atoms with E-state index in [4.69, 9.17) is 22.1 Å². The van der Waals surface area contributed by atoms with Gasteiger partial charge in [0.1, 0.15) is 0 Å². The second kappa shape index (κ2) is 9.30. The molecule has 1 amide bonds. The molecule has 3 aromatic rings. The molecule has 30 heavy (non-hydrogen) atoms. The number of hydrogen-bond acceptors (Lipinski definition) is 4. The number of morpholine rings is 1. The molecule has 0 saturated carbocycles. The van der Waals surface area contributed by atoms with Crippen molar-refractivity contribution in [2.45, 2.75) is 6.54 Å². The van der Waals surface area contributed by atoms with Crippen molar-refractivity contribution in [2.75, 3.05) is 37.4 Å². The summed E-state index contributed by atoms with van der Waals surface area (Å²) in [5, 5.41) is 3.61. The molecule has 1 saturated heterocycles. The van der Waals surface area contributed by atoms with E-state index in [1.165, 1.54) is 5.56 Å². The first kappa shape index (κ1) is 20.4. The highest BCUT2D eigenvalue weighted by Crippen LogP contribution is 2.28. The summed E-state index contributed by atoms with van der Waals surface area (Å²) in [7, 11) is 0. The first-order valence-electron chi connectivity index (χ1n) is 9.94. The lowest BCUT2D eigenvalue weighted by Crippen LogP contribution is -2.35. The van der Waals surface area contributed by atoms with Gasteiger partial charge in [-0.2, -0.15) is 0 Å². The zero-order chi connectivity index (χ0) is 20.9. The Bertz CT molecular complexity index is 1010. The molecule has 0 unspecified atom stereocenters. The van der Waals surface area contributed by atoms with Gasteiger partial charge in [-0.05, 0) is 53.1 Å². The van der Waals surface area contributed by atoms with Crippen molar-refractivity contribution in [1.82, 2.24) is 4.90 Å². The van der Waals surface area contributed by atoms with Crippen molar-refractivity contribution in [2.24, 2.45) is 0 Å². The molecule has 3 aromatic carbocycles. The van der Waals surface area contributed by atoms with E-state index in [0.717, 1.165) is 44.0 Å². The number of hydrogen-bond donors (Lipinski definition) is 2. The SMILES string of the molecule is Nc1ccc(-c2ccc(Cl)cc2)cc1NC(=O)c1ccc(CN2CCOCC2)cc1. The van der Waals surface area contributed by atoms with Gasteiger partial charge >= 0.3 is 0 Å². The molecule has 1 heterocycles. The van der Waals surface area contributed by atoms with Crippen molar-refractivity contribution in [3.63, 3.8) is 0 Å². The lowest BCUT2D eigenvalue weighted by Gasteiger charge is -2.26. The summed E-state index contributed by atoms with van der Waals surface area (Å²) in [5.74, 6) is -0.187. The normalized spacial score (nSPS) is 14.4. The van der Waals surface area contributed by atoms with Crippen LogP contribution < -0.4 is 11.1 Å². The Labute approximate surface area is 181 Å². The Hall–Kier alpha value is -2.86. The molecule has 1 aliphatic heterocycles. The van der Waals surface area contributed by atoms with Gasteiger partial charge in [0.15, 0.2) is 0 Å². The maximum absolute atomic E-state index is 12.7. The third-order valence-corrected chi connectivity index (χ3v) is 5.46. The minimum absolute atomic E-state index is 0.187. The summed E-state index contributed by atoms with van der Waals surface area (Å²) in [5.41, 5.74) is 10.9. The predicted molar refractivity (Wildman–Crippen MR) is 122 cm³/mol. The van der Waals surface area contributed by atoms with Crippen LogP contribution in [0.15, 0.2) is 66.7 Å². The Morgan fingerprint density at radius 3 is 2.33 bits per heavy atom. The number of halogens is 1. The molecule has 5 nitrogen and oxygen atoms in total. The van der Waals surface area contributed by atoms with Crippen LogP contribution >= 0.6 is 11.6 Å². The van der Waals surface area contributed by atoms with Crippen molar-refractivity contribution >= 4 is 28.9 Å². The van der Waals surface area contributed by atoms with Crippen LogP contribution in [0, 0.1) is 0 Å². The molecule has 0 aliphatic carbocycles. The molecule has 1 fully saturated rings. The van der Waals surface area contributed by atoms with E-state index in [1.54, 1.807) is 6.07 Å². The van der Waals surface area contributed by atoms with Gasteiger partial charge in [-0.15, -0.1) is 0 Å². The summed E-state index contributed by atoms with van der Waals surface area (Å²) >= 11 is 5.97. The number of rotatable bonds is 5. The molecule has 0 atom stereocenters. The minimum atomic E-state index is -0.187. The highest BCUT2D eigenvalue weighted by atomic mass is 35.5. The van der Waals surface area contributed by atoms with E-state index < -0.39 is 0 Å². The van der Waals surface area contributed by atoms with Crippen molar-refractivity contribution < 1.29 is 9.53 Å². The Kier molecular flexibility index (Phi) is 6.33. The lowest BCUT2D eigenvalue weighted by atomic mass is 10.0. The predicted octanol–water partition coefficient (Wildman–Crippen LogP) is 4.67. The number of anilines is 2. The minimum Gasteiger partial charge on any atom is -0.397 e. The van der Waals surface area contributed by atoms with Crippen LogP contribution in [-0.4, -0.2) is 37.1 Å². The van der Waals surface area contributed by atoms with Crippen LogP contribution in [0.3, 0.4) is 0 Å². The standard InChI is InChI=1S/C24H24ClN3O2/c25-21-8-5-18(6-9-21)20-7-10-22(26)23(15-20)27-24(29)19-3-1-17(2-4-19)16-28-11-13-30-14-12-28/h1-10,15H,11-14,16,26H2,(H,27,29). The molecule has 0 bridgehead atoms. The summed E-state index contributed by atoms with van der Waals surface area (Å²) in [6, 6.07) is 20.8. The van der Waals surface area contributed by atoms with Crippen LogP contribution in [-0.2, 0) is 11.3 Å². The molecule has 0 aromatic heterocycles. The van der Waals surface area contributed by atoms with Gasteiger partial charge in [0.05, 0.1) is 24.6 Å². The topological polar surface area (TPSA) is 67.6 Å². The van der Waals surface area contributed by atoms with Gasteiger partial charge in [0, 0.05) is 30.2 Å². The molecule has 6 heteroatoms. The second-order valence-corrected chi connectivity index (χ2v) is 7.78. The molecule has 1 aliphatic rings. The van der Waals surface area contributed by atoms with Crippen LogP contribution in [0.25, 0.3) is 11.1 Å². The van der Waals surface area contributed by atoms with Crippen LogP contribution in [0.2, 0.25) is 5.02 Å². The summed E-state index contributed by atoms with van der Waals surface area (Å²) in [6.07, 6.45) is 0. The van der Waals surface area contributed by atoms with Crippen molar-refractivity contribution in [1.29, 1.82) is 0 Å². The number of benzene rings is 3. The van der Waals surface area contributed by atoms with Crippen LogP contribution in [0.1, 0.15) is 15.9 Å². The Morgan fingerprint density at radius 2 is 1.63 bits per heavy atom. The maximum Gasteiger partial charge on any atom is 0.255 e. The molecular formula is C24H24ClN3O2. The molecular weight excluding hydrogens is 398 g/mol. The zero-order valence-corrected chi connectivity index (χ0v) is 17.4. The summed E-state index contributed by atoms with van der Waals surface area (Å²) in [6.45, 7) is 4.28. The van der Waals surface area contributed by atoms with E-state index in [1.807, 2.05) is 60.7 Å². The number of carbonyl (C=O) groups is 1.